The number of fused-ring (bicyclic) bond motifs is 1. The summed E-state index contributed by atoms with van der Waals surface area (Å²) in [4.78, 5) is 19.3. The first-order chi connectivity index (χ1) is 13.5. The third-order valence-electron chi connectivity index (χ3n) is 4.88. The molecule has 0 atom stereocenters. The van der Waals surface area contributed by atoms with Gasteiger partial charge in [0.2, 0.25) is 5.88 Å². The molecule has 2 heterocycles. The highest BCUT2D eigenvalue weighted by Gasteiger charge is 2.19. The van der Waals surface area contributed by atoms with E-state index in [2.05, 4.69) is 15.2 Å². The fourth-order valence-electron chi connectivity index (χ4n) is 3.47. The zero-order chi connectivity index (χ0) is 19.7. The quantitative estimate of drug-likeness (QED) is 0.606. The summed E-state index contributed by atoms with van der Waals surface area (Å²) in [5, 5.41) is 13.5. The summed E-state index contributed by atoms with van der Waals surface area (Å²) in [7, 11) is 0. The smallest absolute Gasteiger partial charge is 0.257 e. The molecule has 1 amide bonds. The van der Waals surface area contributed by atoms with Gasteiger partial charge < -0.3 is 25.8 Å². The average Bonchev–Trinajstić information content (AvgIpc) is 2.69. The maximum absolute atomic E-state index is 13.0. The Morgan fingerprint density at radius 1 is 1.18 bits per heavy atom. The molecule has 1 aromatic heterocycles. The standard InChI is InChI=1S/C21H22N4O3/c1-13-10-20(26)24-18-4-3-15(12-16(13)18)23-21(27)17-11-14(22)2-5-19(17)25-6-8-28-9-7-25/h2-5,10-12H,6-9,22H2,1H3,(H,23,27)(H,24,26). The molecule has 4 rings (SSSR count). The van der Waals surface area contributed by atoms with Crippen LogP contribution in [0, 0.1) is 6.92 Å². The molecule has 0 saturated carbocycles. The van der Waals surface area contributed by atoms with Crippen LogP contribution in [0.5, 0.6) is 5.88 Å². The number of pyridine rings is 1. The number of ether oxygens (including phenoxy) is 1. The maximum atomic E-state index is 13.0. The largest absolute Gasteiger partial charge is 0.493 e. The predicted molar refractivity (Wildman–Crippen MR) is 110 cm³/mol. The minimum absolute atomic E-state index is 0.0169. The first-order valence-electron chi connectivity index (χ1n) is 9.15. The van der Waals surface area contributed by atoms with Crippen LogP contribution >= 0.6 is 0 Å². The molecule has 0 spiro atoms. The average molecular weight is 378 g/mol. The van der Waals surface area contributed by atoms with Crippen molar-refractivity contribution in [3.63, 3.8) is 0 Å². The summed E-state index contributed by atoms with van der Waals surface area (Å²) in [5.74, 6) is -0.241. The lowest BCUT2D eigenvalue weighted by molar-refractivity contribution is 0.102. The van der Waals surface area contributed by atoms with Crippen LogP contribution in [0.2, 0.25) is 0 Å². The number of rotatable bonds is 3. The molecule has 0 bridgehead atoms. The van der Waals surface area contributed by atoms with E-state index in [1.807, 2.05) is 19.1 Å². The van der Waals surface area contributed by atoms with Crippen LogP contribution in [0.4, 0.5) is 17.1 Å². The number of carbonyl (C=O) groups is 1. The second-order valence-corrected chi connectivity index (χ2v) is 6.86. The van der Waals surface area contributed by atoms with Gasteiger partial charge in [0.15, 0.2) is 0 Å². The molecule has 1 saturated heterocycles. The van der Waals surface area contributed by atoms with Gasteiger partial charge in [0.25, 0.3) is 5.91 Å². The molecule has 3 aromatic rings. The van der Waals surface area contributed by atoms with E-state index in [0.29, 0.717) is 35.7 Å². The van der Waals surface area contributed by atoms with E-state index in [9.17, 15) is 9.90 Å². The number of nitrogens with one attached hydrogen (secondary N) is 1. The molecular formula is C21H22N4O3. The van der Waals surface area contributed by atoms with E-state index >= 15 is 0 Å². The van der Waals surface area contributed by atoms with Gasteiger partial charge in [-0.15, -0.1) is 0 Å². The zero-order valence-corrected chi connectivity index (χ0v) is 15.6. The van der Waals surface area contributed by atoms with E-state index in [-0.39, 0.29) is 11.8 Å². The highest BCUT2D eigenvalue weighted by molar-refractivity contribution is 6.09. The molecule has 7 heteroatoms. The second kappa shape index (κ2) is 7.36. The number of amides is 1. The van der Waals surface area contributed by atoms with Gasteiger partial charge in [-0.3, -0.25) is 4.79 Å². The summed E-state index contributed by atoms with van der Waals surface area (Å²) in [6.07, 6.45) is 0. The Morgan fingerprint density at radius 2 is 1.96 bits per heavy atom. The van der Waals surface area contributed by atoms with E-state index in [0.717, 1.165) is 29.7 Å². The van der Waals surface area contributed by atoms with Crippen LogP contribution in [-0.4, -0.2) is 42.3 Å². The monoisotopic (exact) mass is 378 g/mol. The van der Waals surface area contributed by atoms with Crippen LogP contribution < -0.4 is 16.0 Å². The van der Waals surface area contributed by atoms with Gasteiger partial charge in [0.05, 0.1) is 24.3 Å². The lowest BCUT2D eigenvalue weighted by Gasteiger charge is -2.30. The minimum Gasteiger partial charge on any atom is -0.493 e. The molecule has 0 aliphatic carbocycles. The number of anilines is 3. The Balaban J connectivity index is 1.65. The van der Waals surface area contributed by atoms with E-state index < -0.39 is 0 Å². The number of nitrogens with zero attached hydrogens (tertiary/aromatic N) is 2. The first kappa shape index (κ1) is 18.1. The summed E-state index contributed by atoms with van der Waals surface area (Å²) in [5.41, 5.74) is 10.1. The first-order valence-corrected chi connectivity index (χ1v) is 9.15. The molecule has 4 N–H and O–H groups in total. The van der Waals surface area contributed by atoms with Gasteiger partial charge >= 0.3 is 0 Å². The van der Waals surface area contributed by atoms with Gasteiger partial charge in [0, 0.05) is 41.6 Å². The Hall–Kier alpha value is -3.32. The van der Waals surface area contributed by atoms with Gasteiger partial charge in [0.1, 0.15) is 0 Å². The van der Waals surface area contributed by atoms with Crippen molar-refractivity contribution < 1.29 is 14.6 Å². The number of carbonyl (C=O) groups excluding carboxylic acids is 1. The van der Waals surface area contributed by atoms with Crippen molar-refractivity contribution in [1.29, 1.82) is 0 Å². The van der Waals surface area contributed by atoms with Crippen molar-refractivity contribution in [1.82, 2.24) is 4.98 Å². The van der Waals surface area contributed by atoms with Crippen molar-refractivity contribution in [2.75, 3.05) is 42.3 Å². The third-order valence-corrected chi connectivity index (χ3v) is 4.88. The minimum atomic E-state index is -0.225. The lowest BCUT2D eigenvalue weighted by atomic mass is 10.1. The zero-order valence-electron chi connectivity index (χ0n) is 15.6. The predicted octanol–water partition coefficient (Wildman–Crippen LogP) is 2.92. The molecule has 2 aromatic carbocycles. The van der Waals surface area contributed by atoms with Crippen molar-refractivity contribution in [2.24, 2.45) is 0 Å². The van der Waals surface area contributed by atoms with Crippen LogP contribution in [-0.2, 0) is 4.74 Å². The lowest BCUT2D eigenvalue weighted by Crippen LogP contribution is -2.37. The van der Waals surface area contributed by atoms with Crippen LogP contribution in [0.25, 0.3) is 10.9 Å². The molecule has 1 aliphatic rings. The van der Waals surface area contributed by atoms with Gasteiger partial charge in [-0.25, -0.2) is 4.98 Å². The number of aromatic hydroxyl groups is 1. The van der Waals surface area contributed by atoms with E-state index in [1.165, 1.54) is 0 Å². The van der Waals surface area contributed by atoms with Crippen LogP contribution in [0.1, 0.15) is 15.9 Å². The van der Waals surface area contributed by atoms with Crippen molar-refractivity contribution in [3.05, 3.63) is 53.6 Å². The normalized spacial score (nSPS) is 14.2. The fourth-order valence-corrected chi connectivity index (χ4v) is 3.47. The maximum Gasteiger partial charge on any atom is 0.257 e. The Kier molecular flexibility index (Phi) is 4.75. The SMILES string of the molecule is Cc1cc(O)nc2ccc(NC(=O)c3cc(N)ccc3N3CCOCC3)cc12. The van der Waals surface area contributed by atoms with Gasteiger partial charge in [-0.2, -0.15) is 0 Å². The summed E-state index contributed by atoms with van der Waals surface area (Å²) < 4.78 is 5.41. The number of hydrogen-bond donors (Lipinski definition) is 3. The highest BCUT2D eigenvalue weighted by atomic mass is 16.5. The second-order valence-electron chi connectivity index (χ2n) is 6.86. The summed E-state index contributed by atoms with van der Waals surface area (Å²) in [6.45, 7) is 4.62. The Labute approximate surface area is 162 Å². The molecule has 7 nitrogen and oxygen atoms in total. The Bertz CT molecular complexity index is 1050. The molecule has 0 radical (unpaired) electrons. The molecule has 1 aliphatic heterocycles. The van der Waals surface area contributed by atoms with E-state index in [4.69, 9.17) is 10.5 Å². The van der Waals surface area contributed by atoms with Crippen LogP contribution in [0.15, 0.2) is 42.5 Å². The van der Waals surface area contributed by atoms with Crippen LogP contribution in [0.3, 0.4) is 0 Å². The Morgan fingerprint density at radius 3 is 2.75 bits per heavy atom. The van der Waals surface area contributed by atoms with Crippen molar-refractivity contribution in [3.8, 4) is 5.88 Å². The van der Waals surface area contributed by atoms with Gasteiger partial charge in [-0.1, -0.05) is 0 Å². The third kappa shape index (κ3) is 3.57. The van der Waals surface area contributed by atoms with E-state index in [1.54, 1.807) is 30.3 Å². The molecule has 1 fully saturated rings. The molecular weight excluding hydrogens is 356 g/mol. The fraction of sp³-hybridized carbons (Fsp3) is 0.238. The van der Waals surface area contributed by atoms with Crippen molar-refractivity contribution in [2.45, 2.75) is 6.92 Å². The number of aryl methyl sites for hydroxylation is 1. The number of nitrogens with two attached hydrogens (primary N) is 1. The summed E-state index contributed by atoms with van der Waals surface area (Å²) in [6, 6.07) is 12.4. The summed E-state index contributed by atoms with van der Waals surface area (Å²) >= 11 is 0. The molecule has 0 unspecified atom stereocenters. The molecule has 144 valence electrons. The highest BCUT2D eigenvalue weighted by Crippen LogP contribution is 2.27. The number of nitrogen functional groups attached to an aromatic ring is 1. The number of morpholine rings is 1. The molecule has 28 heavy (non-hydrogen) atoms. The number of hydrogen-bond acceptors (Lipinski definition) is 6. The van der Waals surface area contributed by atoms with Gasteiger partial charge in [-0.05, 0) is 48.9 Å². The topological polar surface area (TPSA) is 101 Å². The number of aromatic nitrogens is 1. The number of benzene rings is 2. The van der Waals surface area contributed by atoms with Crippen molar-refractivity contribution >= 4 is 33.9 Å².